The molecule has 0 fully saturated rings. The number of nitrogens with zero attached hydrogens (tertiary/aromatic N) is 3. The maximum Gasteiger partial charge on any atom is 0.358 e. The van der Waals surface area contributed by atoms with Gasteiger partial charge in [-0.05, 0) is 13.0 Å². The van der Waals surface area contributed by atoms with Crippen molar-refractivity contribution in [2.45, 2.75) is 26.1 Å². The molecule has 1 atom stereocenters. The molecule has 1 N–H and O–H groups in total. The first kappa shape index (κ1) is 16.4. The maximum atomic E-state index is 12.3. The van der Waals surface area contributed by atoms with Crippen LogP contribution in [-0.2, 0) is 32.6 Å². The number of amides is 1. The fourth-order valence-corrected chi connectivity index (χ4v) is 3.05. The smallest absolute Gasteiger partial charge is 0.358 e. The number of sulfonamides is 1. The van der Waals surface area contributed by atoms with Gasteiger partial charge < -0.3 is 9.64 Å². The van der Waals surface area contributed by atoms with Gasteiger partial charge in [-0.2, -0.15) is 5.10 Å². The highest BCUT2D eigenvalue weighted by atomic mass is 32.2. The standard InChI is InChI=1S/C12H18N4O5S/c1-8(14-22(3,19)20)11(17)15-4-5-16-9(7-15)6-10(13-16)12(18)21-2/h6,8,14H,4-5,7H2,1-3H3/t8-/m1/s1. The van der Waals surface area contributed by atoms with Crippen molar-refractivity contribution in [1.82, 2.24) is 19.4 Å². The highest BCUT2D eigenvalue weighted by Gasteiger charge is 2.28. The van der Waals surface area contributed by atoms with E-state index in [0.717, 1.165) is 6.26 Å². The summed E-state index contributed by atoms with van der Waals surface area (Å²) in [7, 11) is -2.18. The normalized spacial score (nSPS) is 16.0. The Morgan fingerprint density at radius 2 is 2.09 bits per heavy atom. The SMILES string of the molecule is COC(=O)c1cc2n(n1)CCN(C(=O)[C@@H](C)NS(C)(=O)=O)C2. The van der Waals surface area contributed by atoms with Crippen molar-refractivity contribution < 1.29 is 22.7 Å². The summed E-state index contributed by atoms with van der Waals surface area (Å²) in [6.45, 7) is 2.58. The van der Waals surface area contributed by atoms with Crippen LogP contribution < -0.4 is 4.72 Å². The number of fused-ring (bicyclic) bond motifs is 1. The molecule has 1 aliphatic heterocycles. The molecule has 9 nitrogen and oxygen atoms in total. The van der Waals surface area contributed by atoms with Gasteiger partial charge in [-0.3, -0.25) is 9.48 Å². The fraction of sp³-hybridized carbons (Fsp3) is 0.583. The monoisotopic (exact) mass is 330 g/mol. The number of aromatic nitrogens is 2. The molecule has 10 heteroatoms. The zero-order valence-corrected chi connectivity index (χ0v) is 13.4. The summed E-state index contributed by atoms with van der Waals surface area (Å²) in [6, 6.07) is 0.726. The molecule has 0 aliphatic carbocycles. The van der Waals surface area contributed by atoms with Crippen LogP contribution in [0.4, 0.5) is 0 Å². The molecule has 0 aromatic carbocycles. The van der Waals surface area contributed by atoms with E-state index in [4.69, 9.17) is 0 Å². The van der Waals surface area contributed by atoms with Crippen LogP contribution >= 0.6 is 0 Å². The van der Waals surface area contributed by atoms with Gasteiger partial charge in [0.05, 0.1) is 38.2 Å². The van der Waals surface area contributed by atoms with Gasteiger partial charge in [-0.1, -0.05) is 0 Å². The first-order valence-electron chi connectivity index (χ1n) is 6.62. The number of methoxy groups -OCH3 is 1. The minimum absolute atomic E-state index is 0.189. The van der Waals surface area contributed by atoms with Gasteiger partial charge in [0.25, 0.3) is 0 Å². The third-order valence-corrected chi connectivity index (χ3v) is 4.05. The van der Waals surface area contributed by atoms with Crippen molar-refractivity contribution >= 4 is 21.9 Å². The van der Waals surface area contributed by atoms with Gasteiger partial charge >= 0.3 is 5.97 Å². The maximum absolute atomic E-state index is 12.3. The van der Waals surface area contributed by atoms with E-state index in [-0.39, 0.29) is 18.1 Å². The molecule has 0 bridgehead atoms. The van der Waals surface area contributed by atoms with Crippen LogP contribution in [0.15, 0.2) is 6.07 Å². The second-order valence-corrected chi connectivity index (χ2v) is 6.89. The Bertz CT molecular complexity index is 696. The minimum Gasteiger partial charge on any atom is -0.464 e. The van der Waals surface area contributed by atoms with Gasteiger partial charge in [0.15, 0.2) is 5.69 Å². The number of carbonyl (C=O) groups excluding carboxylic acids is 2. The lowest BCUT2D eigenvalue weighted by Gasteiger charge is -2.29. The quantitative estimate of drug-likeness (QED) is 0.705. The van der Waals surface area contributed by atoms with E-state index in [0.29, 0.717) is 18.8 Å². The summed E-state index contributed by atoms with van der Waals surface area (Å²) < 4.78 is 30.9. The molecular weight excluding hydrogens is 312 g/mol. The third kappa shape index (κ3) is 3.63. The van der Waals surface area contributed by atoms with Gasteiger partial charge in [0.2, 0.25) is 15.9 Å². The van der Waals surface area contributed by atoms with Crippen molar-refractivity contribution in [3.63, 3.8) is 0 Å². The number of nitrogens with one attached hydrogen (secondary N) is 1. The van der Waals surface area contributed by atoms with Gasteiger partial charge in [-0.25, -0.2) is 17.9 Å². The lowest BCUT2D eigenvalue weighted by atomic mass is 10.2. The Morgan fingerprint density at radius 1 is 1.41 bits per heavy atom. The van der Waals surface area contributed by atoms with Crippen LogP contribution in [0.2, 0.25) is 0 Å². The molecule has 0 saturated carbocycles. The highest BCUT2D eigenvalue weighted by Crippen LogP contribution is 2.15. The topological polar surface area (TPSA) is 111 Å². The second-order valence-electron chi connectivity index (χ2n) is 5.11. The summed E-state index contributed by atoms with van der Waals surface area (Å²) in [5.41, 5.74) is 0.890. The van der Waals surface area contributed by atoms with Crippen molar-refractivity contribution in [2.24, 2.45) is 0 Å². The summed E-state index contributed by atoms with van der Waals surface area (Å²) in [4.78, 5) is 25.2. The molecule has 0 unspecified atom stereocenters. The van der Waals surface area contributed by atoms with E-state index >= 15 is 0 Å². The first-order valence-corrected chi connectivity index (χ1v) is 8.51. The molecule has 0 spiro atoms. The molecule has 2 rings (SSSR count). The summed E-state index contributed by atoms with van der Waals surface area (Å²) >= 11 is 0. The molecule has 1 aromatic rings. The van der Waals surface area contributed by atoms with Gasteiger partial charge in [0, 0.05) is 6.54 Å². The molecule has 2 heterocycles. The Labute approximate surface area is 128 Å². The van der Waals surface area contributed by atoms with E-state index in [2.05, 4.69) is 14.6 Å². The fourth-order valence-electron chi connectivity index (χ4n) is 2.30. The van der Waals surface area contributed by atoms with Crippen LogP contribution in [0.5, 0.6) is 0 Å². The second kappa shape index (κ2) is 6.05. The Morgan fingerprint density at radius 3 is 2.68 bits per heavy atom. The molecule has 1 aromatic heterocycles. The number of hydrogen-bond donors (Lipinski definition) is 1. The predicted octanol–water partition coefficient (Wildman–Crippen LogP) is -1.05. The third-order valence-electron chi connectivity index (χ3n) is 3.27. The lowest BCUT2D eigenvalue weighted by Crippen LogP contribution is -2.48. The van der Waals surface area contributed by atoms with E-state index < -0.39 is 22.0 Å². The average Bonchev–Trinajstić information content (AvgIpc) is 2.86. The van der Waals surface area contributed by atoms with E-state index in [1.807, 2.05) is 0 Å². The van der Waals surface area contributed by atoms with Crippen LogP contribution in [0, 0.1) is 0 Å². The number of esters is 1. The summed E-state index contributed by atoms with van der Waals surface area (Å²) in [5.74, 6) is -0.857. The summed E-state index contributed by atoms with van der Waals surface area (Å²) in [6.07, 6.45) is 1.00. The predicted molar refractivity (Wildman–Crippen MR) is 76.4 cm³/mol. The van der Waals surface area contributed by atoms with Crippen molar-refractivity contribution in [2.75, 3.05) is 19.9 Å². The zero-order chi connectivity index (χ0) is 16.5. The Hall–Kier alpha value is -1.94. The molecule has 1 amide bonds. The van der Waals surface area contributed by atoms with E-state index in [9.17, 15) is 18.0 Å². The molecule has 0 radical (unpaired) electrons. The average molecular weight is 330 g/mol. The lowest BCUT2D eigenvalue weighted by molar-refractivity contribution is -0.134. The Balaban J connectivity index is 2.10. The zero-order valence-electron chi connectivity index (χ0n) is 12.6. The van der Waals surface area contributed by atoms with Crippen LogP contribution in [-0.4, -0.2) is 60.9 Å². The number of carbonyl (C=O) groups is 2. The largest absolute Gasteiger partial charge is 0.464 e. The summed E-state index contributed by atoms with van der Waals surface area (Å²) in [5, 5.41) is 4.11. The van der Waals surface area contributed by atoms with Gasteiger partial charge in [-0.15, -0.1) is 0 Å². The van der Waals surface area contributed by atoms with Crippen molar-refractivity contribution in [3.8, 4) is 0 Å². The number of ether oxygens (including phenoxy) is 1. The van der Waals surface area contributed by atoms with Crippen molar-refractivity contribution in [3.05, 3.63) is 17.5 Å². The molecule has 22 heavy (non-hydrogen) atoms. The van der Waals surface area contributed by atoms with Crippen LogP contribution in [0.1, 0.15) is 23.1 Å². The Kier molecular flexibility index (Phi) is 4.52. The van der Waals surface area contributed by atoms with Crippen LogP contribution in [0.3, 0.4) is 0 Å². The highest BCUT2D eigenvalue weighted by molar-refractivity contribution is 7.88. The number of rotatable bonds is 4. The minimum atomic E-state index is -3.45. The van der Waals surface area contributed by atoms with Crippen molar-refractivity contribution in [1.29, 1.82) is 0 Å². The van der Waals surface area contributed by atoms with E-state index in [1.54, 1.807) is 10.7 Å². The number of hydrogen-bond acceptors (Lipinski definition) is 6. The first-order chi connectivity index (χ1) is 10.2. The van der Waals surface area contributed by atoms with Gasteiger partial charge in [0.1, 0.15) is 0 Å². The molecular formula is C12H18N4O5S. The molecule has 0 saturated heterocycles. The van der Waals surface area contributed by atoms with E-state index in [1.165, 1.54) is 18.9 Å². The molecule has 122 valence electrons. The molecule has 1 aliphatic rings. The van der Waals surface area contributed by atoms with Crippen LogP contribution in [0.25, 0.3) is 0 Å².